The van der Waals surface area contributed by atoms with Gasteiger partial charge in [0, 0.05) is 18.5 Å². The Hall–Kier alpha value is -2.93. The smallest absolute Gasteiger partial charge is 0.294 e. The highest BCUT2D eigenvalue weighted by Crippen LogP contribution is 2.18. The van der Waals surface area contributed by atoms with E-state index in [-0.39, 0.29) is 22.2 Å². The average Bonchev–Trinajstić information content (AvgIpc) is 2.67. The molecule has 0 unspecified atom stereocenters. The molecule has 1 heterocycles. The highest BCUT2D eigenvalue weighted by Gasteiger charge is 2.13. The number of hydrogen-bond donors (Lipinski definition) is 3. The Balaban J connectivity index is 1.89. The summed E-state index contributed by atoms with van der Waals surface area (Å²) in [5.41, 5.74) is 1.09. The maximum atomic E-state index is 11.4. The number of rotatable bonds is 8. The molecule has 0 bridgehead atoms. The Bertz CT molecular complexity index is 1290. The third kappa shape index (κ3) is 6.28. The van der Waals surface area contributed by atoms with Gasteiger partial charge in [0.15, 0.2) is 0 Å². The third-order valence-electron chi connectivity index (χ3n) is 4.17. The molecule has 0 atom stereocenters. The normalized spacial score (nSPS) is 12.0. The van der Waals surface area contributed by atoms with E-state index in [1.807, 2.05) is 6.92 Å². The Morgan fingerprint density at radius 3 is 2.10 bits per heavy atom. The summed E-state index contributed by atoms with van der Waals surface area (Å²) in [4.78, 5) is 12.7. The lowest BCUT2D eigenvalue weighted by molar-refractivity contribution is 0.481. The maximum absolute atomic E-state index is 11.4. The van der Waals surface area contributed by atoms with E-state index >= 15 is 0 Å². The topological polar surface area (TPSA) is 159 Å². The van der Waals surface area contributed by atoms with Crippen LogP contribution in [-0.4, -0.2) is 40.9 Å². The minimum absolute atomic E-state index is 0.207. The minimum Gasteiger partial charge on any atom is -0.324 e. The molecule has 0 aliphatic carbocycles. The van der Waals surface area contributed by atoms with Crippen LogP contribution < -0.4 is 5.32 Å². The number of anilines is 2. The highest BCUT2D eigenvalue weighted by atomic mass is 32.2. The average molecular weight is 465 g/mol. The summed E-state index contributed by atoms with van der Waals surface area (Å²) >= 11 is 0. The zero-order valence-corrected chi connectivity index (χ0v) is 18.1. The molecular weight excluding hydrogens is 444 g/mol. The fourth-order valence-corrected chi connectivity index (χ4v) is 3.81. The Labute approximate surface area is 179 Å². The van der Waals surface area contributed by atoms with Gasteiger partial charge in [-0.2, -0.15) is 26.8 Å². The van der Waals surface area contributed by atoms with Gasteiger partial charge >= 0.3 is 0 Å². The highest BCUT2D eigenvalue weighted by molar-refractivity contribution is 7.86. The van der Waals surface area contributed by atoms with E-state index in [9.17, 15) is 21.4 Å². The van der Waals surface area contributed by atoms with Crippen molar-refractivity contribution in [1.82, 2.24) is 15.0 Å². The summed E-state index contributed by atoms with van der Waals surface area (Å²) in [5.74, 6) is 1.16. The van der Waals surface area contributed by atoms with Gasteiger partial charge in [-0.25, -0.2) is 4.98 Å². The van der Waals surface area contributed by atoms with E-state index in [0.29, 0.717) is 29.3 Å². The molecule has 0 aliphatic heterocycles. The summed E-state index contributed by atoms with van der Waals surface area (Å²) in [7, 11) is -8.61. The summed E-state index contributed by atoms with van der Waals surface area (Å²) in [6.07, 6.45) is 1.60. The molecule has 0 aliphatic rings. The van der Waals surface area contributed by atoms with Crippen molar-refractivity contribution < 1.29 is 25.9 Å². The van der Waals surface area contributed by atoms with Crippen LogP contribution in [0.15, 0.2) is 58.3 Å². The summed E-state index contributed by atoms with van der Waals surface area (Å²) in [6.45, 7) is 1.97. The third-order valence-corrected chi connectivity index (χ3v) is 5.89. The van der Waals surface area contributed by atoms with Gasteiger partial charge in [0.05, 0.1) is 9.79 Å². The molecule has 3 rings (SSSR count). The largest absolute Gasteiger partial charge is 0.324 e. The number of nitrogens with zero attached hydrogens (tertiary/aromatic N) is 3. The van der Waals surface area contributed by atoms with E-state index in [2.05, 4.69) is 20.3 Å². The second kappa shape index (κ2) is 9.06. The van der Waals surface area contributed by atoms with Gasteiger partial charge in [0.2, 0.25) is 5.95 Å². The lowest BCUT2D eigenvalue weighted by Crippen LogP contribution is -2.08. The van der Waals surface area contributed by atoms with E-state index in [1.54, 1.807) is 6.07 Å². The Kier molecular flexibility index (Phi) is 6.65. The predicted molar refractivity (Wildman–Crippen MR) is 112 cm³/mol. The molecule has 10 nitrogen and oxygen atoms in total. The number of benzene rings is 2. The van der Waals surface area contributed by atoms with Crippen molar-refractivity contribution in [2.75, 3.05) is 5.32 Å². The van der Waals surface area contributed by atoms with Gasteiger partial charge in [0.25, 0.3) is 20.2 Å². The molecule has 0 saturated carbocycles. The van der Waals surface area contributed by atoms with Crippen LogP contribution in [0.3, 0.4) is 0 Å². The summed E-state index contributed by atoms with van der Waals surface area (Å²) in [6, 6.07) is 11.3. The van der Waals surface area contributed by atoms with Gasteiger partial charge in [-0.3, -0.25) is 9.11 Å². The standard InChI is InChI=1S/C19H20N4O6S2/c1-2-4-17-21-18(12-13-5-3-6-16(11-13)31(27,28)29)23-19(22-17)20-14-7-9-15(10-8-14)30(24,25)26/h3,5-11H,2,4,12H2,1H3,(H,24,25,26)(H,27,28,29)(H,20,21,22,23). The molecule has 164 valence electrons. The molecule has 31 heavy (non-hydrogen) atoms. The maximum Gasteiger partial charge on any atom is 0.294 e. The van der Waals surface area contributed by atoms with Gasteiger partial charge in [-0.05, 0) is 48.4 Å². The number of aryl methyl sites for hydroxylation is 1. The monoisotopic (exact) mass is 464 g/mol. The molecule has 12 heteroatoms. The molecule has 0 amide bonds. The molecule has 0 fully saturated rings. The first-order valence-corrected chi connectivity index (χ1v) is 12.1. The first kappa shape index (κ1) is 22.7. The predicted octanol–water partition coefficient (Wildman–Crippen LogP) is 2.65. The molecular formula is C19H20N4O6S2. The molecule has 3 aromatic rings. The van der Waals surface area contributed by atoms with E-state index < -0.39 is 20.2 Å². The molecule has 0 saturated heterocycles. The lowest BCUT2D eigenvalue weighted by Gasteiger charge is -2.10. The summed E-state index contributed by atoms with van der Waals surface area (Å²) in [5, 5.41) is 2.97. The van der Waals surface area contributed by atoms with Crippen LogP contribution in [0.1, 0.15) is 30.6 Å². The van der Waals surface area contributed by atoms with Crippen molar-refractivity contribution in [1.29, 1.82) is 0 Å². The quantitative estimate of drug-likeness (QED) is 0.423. The molecule has 2 aromatic carbocycles. The Morgan fingerprint density at radius 2 is 1.48 bits per heavy atom. The Morgan fingerprint density at radius 1 is 0.839 bits per heavy atom. The van der Waals surface area contributed by atoms with Crippen LogP contribution >= 0.6 is 0 Å². The van der Waals surface area contributed by atoms with Gasteiger partial charge in [-0.1, -0.05) is 19.1 Å². The fourth-order valence-electron chi connectivity index (χ4n) is 2.78. The van der Waals surface area contributed by atoms with E-state index in [0.717, 1.165) is 6.42 Å². The van der Waals surface area contributed by atoms with Crippen molar-refractivity contribution >= 4 is 31.9 Å². The van der Waals surface area contributed by atoms with Crippen LogP contribution in [-0.2, 0) is 33.1 Å². The van der Waals surface area contributed by atoms with Crippen molar-refractivity contribution in [2.45, 2.75) is 36.0 Å². The fraction of sp³-hybridized carbons (Fsp3) is 0.211. The van der Waals surface area contributed by atoms with Gasteiger partial charge < -0.3 is 5.32 Å². The van der Waals surface area contributed by atoms with Gasteiger partial charge in [-0.15, -0.1) is 0 Å². The molecule has 0 radical (unpaired) electrons. The van der Waals surface area contributed by atoms with E-state index in [4.69, 9.17) is 4.55 Å². The zero-order valence-electron chi connectivity index (χ0n) is 16.4. The zero-order chi connectivity index (χ0) is 22.6. The summed E-state index contributed by atoms with van der Waals surface area (Å²) < 4.78 is 63.4. The van der Waals surface area contributed by atoms with Crippen LogP contribution in [0.25, 0.3) is 0 Å². The van der Waals surface area contributed by atoms with Crippen LogP contribution in [0.2, 0.25) is 0 Å². The first-order chi connectivity index (χ1) is 14.5. The van der Waals surface area contributed by atoms with Crippen molar-refractivity contribution in [3.8, 4) is 0 Å². The first-order valence-electron chi connectivity index (χ1n) is 9.19. The van der Waals surface area contributed by atoms with Crippen molar-refractivity contribution in [3.63, 3.8) is 0 Å². The van der Waals surface area contributed by atoms with Gasteiger partial charge in [0.1, 0.15) is 11.6 Å². The van der Waals surface area contributed by atoms with Crippen LogP contribution in [0, 0.1) is 0 Å². The second-order valence-corrected chi connectivity index (χ2v) is 9.51. The number of hydrogen-bond acceptors (Lipinski definition) is 8. The van der Waals surface area contributed by atoms with Crippen LogP contribution in [0.5, 0.6) is 0 Å². The molecule has 3 N–H and O–H groups in total. The number of nitrogens with one attached hydrogen (secondary N) is 1. The SMILES string of the molecule is CCCc1nc(Cc2cccc(S(=O)(=O)O)c2)nc(Nc2ccc(S(=O)(=O)O)cc2)n1. The second-order valence-electron chi connectivity index (χ2n) is 6.67. The molecule has 1 aromatic heterocycles. The van der Waals surface area contributed by atoms with Crippen LogP contribution in [0.4, 0.5) is 11.6 Å². The van der Waals surface area contributed by atoms with Crippen molar-refractivity contribution in [3.05, 3.63) is 65.7 Å². The minimum atomic E-state index is -4.32. The lowest BCUT2D eigenvalue weighted by atomic mass is 10.1. The number of aromatic nitrogens is 3. The molecule has 0 spiro atoms. The van der Waals surface area contributed by atoms with E-state index in [1.165, 1.54) is 42.5 Å². The van der Waals surface area contributed by atoms with Crippen molar-refractivity contribution in [2.24, 2.45) is 0 Å².